The van der Waals surface area contributed by atoms with E-state index in [9.17, 15) is 9.59 Å². The van der Waals surface area contributed by atoms with Crippen LogP contribution in [0.1, 0.15) is 36.4 Å². The second kappa shape index (κ2) is 10.6. The van der Waals surface area contributed by atoms with E-state index in [-0.39, 0.29) is 11.1 Å². The second-order valence-electron chi connectivity index (χ2n) is 8.12. The monoisotopic (exact) mass is 494 g/mol. The quantitative estimate of drug-likeness (QED) is 0.302. The van der Waals surface area contributed by atoms with Crippen LogP contribution in [0.2, 0.25) is 0 Å². The summed E-state index contributed by atoms with van der Waals surface area (Å²) < 4.78 is 7.64. The van der Waals surface area contributed by atoms with Crippen molar-refractivity contribution in [2.45, 2.75) is 63.7 Å². The Morgan fingerprint density at radius 3 is 1.26 bits per heavy atom. The number of hydrogen-bond acceptors (Lipinski definition) is 4. The zero-order valence-corrected chi connectivity index (χ0v) is 21.7. The summed E-state index contributed by atoms with van der Waals surface area (Å²) in [7, 11) is 2.78. The Morgan fingerprint density at radius 1 is 0.588 bits per heavy atom. The van der Waals surface area contributed by atoms with E-state index < -0.39 is 0 Å². The molecule has 4 aromatic rings. The fourth-order valence-electron chi connectivity index (χ4n) is 4.28. The van der Waals surface area contributed by atoms with Crippen molar-refractivity contribution < 1.29 is 0 Å². The van der Waals surface area contributed by atoms with Gasteiger partial charge in [0, 0.05) is 13.1 Å². The van der Waals surface area contributed by atoms with Gasteiger partial charge in [-0.15, -0.1) is 0 Å². The normalized spacial score (nSPS) is 11.3. The van der Waals surface area contributed by atoms with E-state index in [1.807, 2.05) is 97.7 Å². The lowest BCUT2D eigenvalue weighted by molar-refractivity contribution is 0.479. The highest BCUT2D eigenvalue weighted by Gasteiger charge is 2.21. The molecule has 178 valence electrons. The minimum absolute atomic E-state index is 0.0158. The summed E-state index contributed by atoms with van der Waals surface area (Å²) in [4.78, 5) is 28.1. The van der Waals surface area contributed by atoms with E-state index in [4.69, 9.17) is 0 Å². The van der Waals surface area contributed by atoms with Gasteiger partial charge in [-0.25, -0.2) is 9.36 Å². The van der Waals surface area contributed by atoms with Gasteiger partial charge < -0.3 is 0 Å². The van der Waals surface area contributed by atoms with Crippen molar-refractivity contribution in [1.82, 2.24) is 18.7 Å². The largest absolute Gasteiger partial charge is 0.286 e. The van der Waals surface area contributed by atoms with E-state index in [0.29, 0.717) is 36.0 Å². The standard InChI is InChI=1S/C26H30N4O2S2/c1-5-27-19(3)23(25(31)29(27)17-21-13-9-7-10-14-21)33-34-24-20(4)28(6-2)30(26(24)32)18-22-15-11-8-12-16-22/h7-16H,5-6,17-18H2,1-4H3. The topological polar surface area (TPSA) is 53.9 Å². The smallest absolute Gasteiger partial charge is 0.281 e. The third-order valence-electron chi connectivity index (χ3n) is 6.03. The van der Waals surface area contributed by atoms with Crippen molar-refractivity contribution in [3.63, 3.8) is 0 Å². The zero-order valence-electron chi connectivity index (χ0n) is 20.0. The molecule has 2 aromatic heterocycles. The molecule has 6 nitrogen and oxygen atoms in total. The highest BCUT2D eigenvalue weighted by molar-refractivity contribution is 8.76. The summed E-state index contributed by atoms with van der Waals surface area (Å²) in [5.41, 5.74) is 3.99. The van der Waals surface area contributed by atoms with Gasteiger partial charge in [-0.2, -0.15) is 0 Å². The maximum absolute atomic E-state index is 13.4. The Morgan fingerprint density at radius 2 is 0.941 bits per heavy atom. The van der Waals surface area contributed by atoms with Gasteiger partial charge >= 0.3 is 0 Å². The van der Waals surface area contributed by atoms with Gasteiger partial charge in [0.05, 0.1) is 24.5 Å². The molecule has 0 fully saturated rings. The lowest BCUT2D eigenvalue weighted by atomic mass is 10.2. The summed E-state index contributed by atoms with van der Waals surface area (Å²) >= 11 is 0. The molecule has 0 aliphatic rings. The summed E-state index contributed by atoms with van der Waals surface area (Å²) in [6, 6.07) is 20.0. The molecule has 34 heavy (non-hydrogen) atoms. The molecule has 0 radical (unpaired) electrons. The Hall–Kier alpha value is -2.84. The zero-order chi connectivity index (χ0) is 24.2. The van der Waals surface area contributed by atoms with Crippen molar-refractivity contribution in [3.8, 4) is 0 Å². The molecule has 0 N–H and O–H groups in total. The molecule has 0 spiro atoms. The molecule has 0 saturated heterocycles. The Bertz CT molecular complexity index is 1270. The molecular formula is C26H30N4O2S2. The van der Waals surface area contributed by atoms with Gasteiger partial charge in [-0.05, 0) is 60.4 Å². The maximum Gasteiger partial charge on any atom is 0.281 e. The van der Waals surface area contributed by atoms with E-state index >= 15 is 0 Å². The van der Waals surface area contributed by atoms with Crippen LogP contribution in [0, 0.1) is 13.8 Å². The lowest BCUT2D eigenvalue weighted by Crippen LogP contribution is -2.24. The van der Waals surface area contributed by atoms with Crippen molar-refractivity contribution >= 4 is 21.6 Å². The van der Waals surface area contributed by atoms with Crippen LogP contribution in [0.4, 0.5) is 0 Å². The molecule has 0 saturated carbocycles. The number of hydrogen-bond donors (Lipinski definition) is 0. The van der Waals surface area contributed by atoms with Crippen molar-refractivity contribution in [2.75, 3.05) is 0 Å². The third-order valence-corrected chi connectivity index (χ3v) is 8.64. The van der Waals surface area contributed by atoms with Gasteiger partial charge in [-0.3, -0.25) is 19.0 Å². The minimum atomic E-state index is -0.0158. The van der Waals surface area contributed by atoms with Gasteiger partial charge in [0.1, 0.15) is 9.79 Å². The molecule has 0 unspecified atom stereocenters. The average Bonchev–Trinajstić information content (AvgIpc) is 3.21. The predicted molar refractivity (Wildman–Crippen MR) is 141 cm³/mol. The lowest BCUT2D eigenvalue weighted by Gasteiger charge is -2.11. The molecule has 4 rings (SSSR count). The van der Waals surface area contributed by atoms with E-state index in [0.717, 1.165) is 22.5 Å². The maximum atomic E-state index is 13.4. The Kier molecular flexibility index (Phi) is 7.58. The van der Waals surface area contributed by atoms with Crippen molar-refractivity contribution in [1.29, 1.82) is 0 Å². The van der Waals surface area contributed by atoms with Crippen molar-refractivity contribution in [2.24, 2.45) is 0 Å². The first-order chi connectivity index (χ1) is 16.5. The van der Waals surface area contributed by atoms with Crippen LogP contribution in [-0.4, -0.2) is 18.7 Å². The molecule has 0 amide bonds. The second-order valence-corrected chi connectivity index (χ2v) is 10.3. The van der Waals surface area contributed by atoms with Crippen LogP contribution in [0.5, 0.6) is 0 Å². The van der Waals surface area contributed by atoms with Crippen LogP contribution in [0.15, 0.2) is 80.0 Å². The third kappa shape index (κ3) is 4.70. The fourth-order valence-corrected chi connectivity index (χ4v) is 6.90. The number of aromatic nitrogens is 4. The van der Waals surface area contributed by atoms with Gasteiger partial charge in [0.2, 0.25) is 0 Å². The number of rotatable bonds is 9. The highest BCUT2D eigenvalue weighted by Crippen LogP contribution is 2.37. The molecule has 0 bridgehead atoms. The van der Waals surface area contributed by atoms with Gasteiger partial charge in [0.15, 0.2) is 0 Å². The molecular weight excluding hydrogens is 464 g/mol. The molecule has 8 heteroatoms. The Labute approximate surface area is 207 Å². The minimum Gasteiger partial charge on any atom is -0.286 e. The van der Waals surface area contributed by atoms with Crippen LogP contribution in [0.25, 0.3) is 0 Å². The fraction of sp³-hybridized carbons (Fsp3) is 0.308. The first kappa shape index (κ1) is 24.3. The Balaban J connectivity index is 1.64. The molecule has 2 heterocycles. The van der Waals surface area contributed by atoms with Crippen LogP contribution in [-0.2, 0) is 26.2 Å². The molecule has 0 aliphatic carbocycles. The van der Waals surface area contributed by atoms with E-state index in [1.54, 1.807) is 9.36 Å². The van der Waals surface area contributed by atoms with Crippen LogP contribution < -0.4 is 11.1 Å². The number of benzene rings is 2. The summed E-state index contributed by atoms with van der Waals surface area (Å²) in [6.45, 7) is 10.5. The number of nitrogens with zero attached hydrogens (tertiary/aromatic N) is 4. The SMILES string of the molecule is CCn1c(C)c(SSc2c(C)n(CC)n(Cc3ccccc3)c2=O)c(=O)n1Cc1ccccc1. The average molecular weight is 495 g/mol. The van der Waals surface area contributed by atoms with Crippen LogP contribution >= 0.6 is 21.6 Å². The van der Waals surface area contributed by atoms with Crippen molar-refractivity contribution in [3.05, 3.63) is 104 Å². The molecule has 2 aromatic carbocycles. The highest BCUT2D eigenvalue weighted by atomic mass is 33.1. The van der Waals surface area contributed by atoms with Crippen LogP contribution in [0.3, 0.4) is 0 Å². The molecule has 0 atom stereocenters. The van der Waals surface area contributed by atoms with Gasteiger partial charge in [0.25, 0.3) is 11.1 Å². The first-order valence-electron chi connectivity index (χ1n) is 11.5. The van der Waals surface area contributed by atoms with Gasteiger partial charge in [-0.1, -0.05) is 60.7 Å². The van der Waals surface area contributed by atoms with E-state index in [1.165, 1.54) is 21.6 Å². The first-order valence-corrected chi connectivity index (χ1v) is 13.6. The summed E-state index contributed by atoms with van der Waals surface area (Å²) in [5, 5.41) is 0. The molecule has 0 aliphatic heterocycles. The predicted octanol–water partition coefficient (Wildman–Crippen LogP) is 5.17. The van der Waals surface area contributed by atoms with E-state index in [2.05, 4.69) is 0 Å². The summed E-state index contributed by atoms with van der Waals surface area (Å²) in [5.74, 6) is 0. The summed E-state index contributed by atoms with van der Waals surface area (Å²) in [6.07, 6.45) is 0.